The van der Waals surface area contributed by atoms with E-state index in [1.54, 1.807) is 0 Å². The van der Waals surface area contributed by atoms with Crippen LogP contribution in [0.25, 0.3) is 11.1 Å². The van der Waals surface area contributed by atoms with E-state index in [1.165, 1.54) is 44.2 Å². The van der Waals surface area contributed by atoms with Crippen LogP contribution in [0.5, 0.6) is 5.75 Å². The Morgan fingerprint density at radius 2 is 1.86 bits per heavy atom. The summed E-state index contributed by atoms with van der Waals surface area (Å²) in [7, 11) is -3.51. The first-order valence-electron chi connectivity index (χ1n) is 8.28. The van der Waals surface area contributed by atoms with E-state index in [-0.39, 0.29) is 32.4 Å². The van der Waals surface area contributed by atoms with Crippen LogP contribution in [0.3, 0.4) is 0 Å². The van der Waals surface area contributed by atoms with Gasteiger partial charge in [-0.2, -0.15) is 0 Å². The number of rotatable bonds is 7. The molecule has 0 fully saturated rings. The normalized spacial score (nSPS) is 13.2. The predicted octanol–water partition coefficient (Wildman–Crippen LogP) is 4.76. The standard InChI is InChI=1S/C19H19ClF2O5S/c1-4-19(21,22)12-5-8-17(27-11(2)18(23)24)15(9-12)14-7-6-13(10-16(14)20)28(3,25)26/h5-11H,4H2,1-3H3,(H,23,24)/t11-/m0/s1. The van der Waals surface area contributed by atoms with Crippen molar-refractivity contribution in [2.24, 2.45) is 0 Å². The maximum Gasteiger partial charge on any atom is 0.344 e. The lowest BCUT2D eigenvalue weighted by Gasteiger charge is -2.20. The molecule has 1 N–H and O–H groups in total. The highest BCUT2D eigenvalue weighted by molar-refractivity contribution is 7.90. The molecule has 0 unspecified atom stereocenters. The van der Waals surface area contributed by atoms with E-state index < -0.39 is 34.3 Å². The zero-order chi connectivity index (χ0) is 21.3. The molecule has 2 aromatic rings. The molecule has 0 bridgehead atoms. The Morgan fingerprint density at radius 3 is 2.36 bits per heavy atom. The van der Waals surface area contributed by atoms with Gasteiger partial charge in [-0.05, 0) is 37.3 Å². The van der Waals surface area contributed by atoms with Crippen LogP contribution in [0.15, 0.2) is 41.3 Å². The van der Waals surface area contributed by atoms with Crippen LogP contribution in [-0.4, -0.2) is 31.9 Å². The number of ether oxygens (including phenoxy) is 1. The largest absolute Gasteiger partial charge is 0.479 e. The zero-order valence-electron chi connectivity index (χ0n) is 15.4. The molecule has 0 aliphatic carbocycles. The maximum absolute atomic E-state index is 14.2. The van der Waals surface area contributed by atoms with Gasteiger partial charge in [0, 0.05) is 34.4 Å². The van der Waals surface area contributed by atoms with Gasteiger partial charge in [0.25, 0.3) is 5.92 Å². The number of benzene rings is 2. The van der Waals surface area contributed by atoms with Crippen molar-refractivity contribution in [1.82, 2.24) is 0 Å². The fourth-order valence-corrected chi connectivity index (χ4v) is 3.45. The molecule has 2 rings (SSSR count). The van der Waals surface area contributed by atoms with Gasteiger partial charge >= 0.3 is 5.97 Å². The number of aliphatic carboxylic acids is 1. The SMILES string of the molecule is CCC(F)(F)c1ccc(O[C@@H](C)C(=O)O)c(-c2ccc(S(C)(=O)=O)cc2Cl)c1. The number of sulfone groups is 1. The fourth-order valence-electron chi connectivity index (χ4n) is 2.46. The highest BCUT2D eigenvalue weighted by atomic mass is 35.5. The first-order chi connectivity index (χ1) is 12.9. The van der Waals surface area contributed by atoms with Crippen molar-refractivity contribution in [3.63, 3.8) is 0 Å². The third-order valence-electron chi connectivity index (χ3n) is 4.16. The van der Waals surface area contributed by atoms with E-state index in [0.29, 0.717) is 0 Å². The summed E-state index contributed by atoms with van der Waals surface area (Å²) in [6.45, 7) is 2.64. The van der Waals surface area contributed by atoms with Gasteiger partial charge in [0.15, 0.2) is 15.9 Å². The number of carboxylic acid groups (broad SMARTS) is 1. The van der Waals surface area contributed by atoms with Gasteiger partial charge in [-0.15, -0.1) is 0 Å². The maximum atomic E-state index is 14.2. The van der Waals surface area contributed by atoms with E-state index in [4.69, 9.17) is 21.4 Å². The van der Waals surface area contributed by atoms with Gasteiger partial charge in [-0.1, -0.05) is 24.6 Å². The summed E-state index contributed by atoms with van der Waals surface area (Å²) in [4.78, 5) is 11.1. The summed E-state index contributed by atoms with van der Waals surface area (Å²) < 4.78 is 57.1. The van der Waals surface area contributed by atoms with Crippen molar-refractivity contribution in [1.29, 1.82) is 0 Å². The average molecular weight is 433 g/mol. The number of carboxylic acids is 1. The fraction of sp³-hybridized carbons (Fsp3) is 0.316. The van der Waals surface area contributed by atoms with Crippen LogP contribution in [0.4, 0.5) is 8.78 Å². The quantitative estimate of drug-likeness (QED) is 0.682. The summed E-state index contributed by atoms with van der Waals surface area (Å²) in [5.74, 6) is -4.29. The summed E-state index contributed by atoms with van der Waals surface area (Å²) in [5.41, 5.74) is 0.0998. The molecule has 5 nitrogen and oxygen atoms in total. The first kappa shape index (κ1) is 22.1. The molecule has 0 aromatic heterocycles. The lowest BCUT2D eigenvalue weighted by Crippen LogP contribution is -2.23. The molecule has 0 radical (unpaired) electrons. The summed E-state index contributed by atoms with van der Waals surface area (Å²) in [6.07, 6.45) is -0.645. The summed E-state index contributed by atoms with van der Waals surface area (Å²) >= 11 is 6.22. The molecule has 152 valence electrons. The van der Waals surface area contributed by atoms with Crippen molar-refractivity contribution < 1.29 is 31.8 Å². The zero-order valence-corrected chi connectivity index (χ0v) is 16.9. The van der Waals surface area contributed by atoms with Gasteiger partial charge in [0.05, 0.1) is 4.90 Å². The molecule has 0 heterocycles. The number of hydrogen-bond acceptors (Lipinski definition) is 4. The van der Waals surface area contributed by atoms with Crippen molar-refractivity contribution in [3.8, 4) is 16.9 Å². The van der Waals surface area contributed by atoms with Gasteiger partial charge in [-0.25, -0.2) is 22.0 Å². The first-order valence-corrected chi connectivity index (χ1v) is 10.6. The molecule has 1 atom stereocenters. The second-order valence-electron chi connectivity index (χ2n) is 6.28. The highest BCUT2D eigenvalue weighted by Crippen LogP contribution is 2.41. The molecule has 0 aliphatic heterocycles. The second kappa shape index (κ2) is 8.05. The lowest BCUT2D eigenvalue weighted by atomic mass is 9.98. The minimum absolute atomic E-state index is 0.00715. The number of halogens is 3. The molecular formula is C19H19ClF2O5S. The molecule has 0 saturated heterocycles. The Kier molecular flexibility index (Phi) is 6.35. The van der Waals surface area contributed by atoms with Crippen molar-refractivity contribution >= 4 is 27.4 Å². The van der Waals surface area contributed by atoms with E-state index in [0.717, 1.165) is 12.3 Å². The number of carbonyl (C=O) groups is 1. The van der Waals surface area contributed by atoms with Crippen LogP contribution in [0, 0.1) is 0 Å². The average Bonchev–Trinajstić information content (AvgIpc) is 2.61. The van der Waals surface area contributed by atoms with Crippen molar-refractivity contribution in [2.45, 2.75) is 37.2 Å². The molecule has 0 amide bonds. The van der Waals surface area contributed by atoms with Crippen LogP contribution in [0.1, 0.15) is 25.8 Å². The summed E-state index contributed by atoms with van der Waals surface area (Å²) in [5, 5.41) is 9.08. The van der Waals surface area contributed by atoms with Gasteiger partial charge in [0.1, 0.15) is 5.75 Å². The van der Waals surface area contributed by atoms with E-state index in [2.05, 4.69) is 0 Å². The third-order valence-corrected chi connectivity index (χ3v) is 5.58. The number of hydrogen-bond donors (Lipinski definition) is 1. The van der Waals surface area contributed by atoms with Crippen molar-refractivity contribution in [2.75, 3.05) is 6.26 Å². The molecular weight excluding hydrogens is 414 g/mol. The Hall–Kier alpha value is -2.19. The number of alkyl halides is 2. The van der Waals surface area contributed by atoms with Crippen molar-refractivity contribution in [3.05, 3.63) is 47.0 Å². The minimum Gasteiger partial charge on any atom is -0.479 e. The van der Waals surface area contributed by atoms with Crippen LogP contribution >= 0.6 is 11.6 Å². The highest BCUT2D eigenvalue weighted by Gasteiger charge is 2.30. The van der Waals surface area contributed by atoms with E-state index in [1.807, 2.05) is 0 Å². The van der Waals surface area contributed by atoms with Crippen LogP contribution < -0.4 is 4.74 Å². The molecule has 28 heavy (non-hydrogen) atoms. The Balaban J connectivity index is 2.67. The molecule has 2 aromatic carbocycles. The van der Waals surface area contributed by atoms with Crippen LogP contribution in [-0.2, 0) is 20.6 Å². The Labute approximate surface area is 166 Å². The molecule has 0 saturated carbocycles. The molecule has 9 heteroatoms. The third kappa shape index (κ3) is 4.80. The monoisotopic (exact) mass is 432 g/mol. The lowest BCUT2D eigenvalue weighted by molar-refractivity contribution is -0.144. The smallest absolute Gasteiger partial charge is 0.344 e. The van der Waals surface area contributed by atoms with Crippen LogP contribution in [0.2, 0.25) is 5.02 Å². The second-order valence-corrected chi connectivity index (χ2v) is 8.70. The van der Waals surface area contributed by atoms with Gasteiger partial charge in [-0.3, -0.25) is 0 Å². The molecule has 0 aliphatic rings. The predicted molar refractivity (Wildman–Crippen MR) is 102 cm³/mol. The topological polar surface area (TPSA) is 80.7 Å². The molecule has 0 spiro atoms. The van der Waals surface area contributed by atoms with Gasteiger partial charge < -0.3 is 9.84 Å². The Bertz CT molecular complexity index is 1010. The Morgan fingerprint density at radius 1 is 1.21 bits per heavy atom. The van der Waals surface area contributed by atoms with Gasteiger partial charge in [0.2, 0.25) is 0 Å². The van der Waals surface area contributed by atoms with E-state index >= 15 is 0 Å². The van der Waals surface area contributed by atoms with E-state index in [9.17, 15) is 22.0 Å². The minimum atomic E-state index is -3.51. The summed E-state index contributed by atoms with van der Waals surface area (Å²) in [6, 6.07) is 7.48.